The SMILES string of the molecule is CC(CCl)C(=O)N(C)CCOc1cccc(Cl)c1. The molecule has 0 aliphatic carbocycles. The van der Waals surface area contributed by atoms with Gasteiger partial charge in [-0.05, 0) is 18.2 Å². The molecule has 0 aliphatic rings. The van der Waals surface area contributed by atoms with Gasteiger partial charge in [-0.15, -0.1) is 11.6 Å². The van der Waals surface area contributed by atoms with Crippen LogP contribution in [0.1, 0.15) is 6.92 Å². The molecule has 0 saturated heterocycles. The molecule has 1 atom stereocenters. The van der Waals surface area contributed by atoms with Crippen LogP contribution in [-0.4, -0.2) is 36.9 Å². The Kier molecular flexibility index (Phi) is 6.30. The number of halogens is 2. The lowest BCUT2D eigenvalue weighted by Crippen LogP contribution is -2.35. The number of amides is 1. The molecule has 0 spiro atoms. The maximum absolute atomic E-state index is 11.7. The van der Waals surface area contributed by atoms with Crippen molar-refractivity contribution < 1.29 is 9.53 Å². The predicted molar refractivity (Wildman–Crippen MR) is 74.5 cm³/mol. The van der Waals surface area contributed by atoms with Gasteiger partial charge >= 0.3 is 0 Å². The number of likely N-dealkylation sites (N-methyl/N-ethyl adjacent to an activating group) is 1. The number of alkyl halides is 1. The zero-order valence-electron chi connectivity index (χ0n) is 10.5. The van der Waals surface area contributed by atoms with Crippen LogP contribution < -0.4 is 4.74 Å². The van der Waals surface area contributed by atoms with Crippen molar-refractivity contribution in [3.63, 3.8) is 0 Å². The zero-order valence-corrected chi connectivity index (χ0v) is 12.0. The number of carbonyl (C=O) groups is 1. The van der Waals surface area contributed by atoms with Crippen LogP contribution in [0.25, 0.3) is 0 Å². The van der Waals surface area contributed by atoms with Crippen LogP contribution in [0.4, 0.5) is 0 Å². The Morgan fingerprint density at radius 3 is 2.83 bits per heavy atom. The molecule has 0 N–H and O–H groups in total. The van der Waals surface area contributed by atoms with Gasteiger partial charge in [0.25, 0.3) is 0 Å². The molecule has 0 aromatic heterocycles. The minimum atomic E-state index is -0.164. The van der Waals surface area contributed by atoms with Gasteiger partial charge in [0.15, 0.2) is 0 Å². The fourth-order valence-corrected chi connectivity index (χ4v) is 1.72. The van der Waals surface area contributed by atoms with Gasteiger partial charge < -0.3 is 9.64 Å². The first-order valence-corrected chi connectivity index (χ1v) is 6.65. The van der Waals surface area contributed by atoms with E-state index in [9.17, 15) is 4.79 Å². The second-order valence-electron chi connectivity index (χ2n) is 4.12. The Morgan fingerprint density at radius 1 is 1.50 bits per heavy atom. The smallest absolute Gasteiger partial charge is 0.226 e. The van der Waals surface area contributed by atoms with E-state index in [-0.39, 0.29) is 11.8 Å². The van der Waals surface area contributed by atoms with Crippen LogP contribution in [0.15, 0.2) is 24.3 Å². The topological polar surface area (TPSA) is 29.5 Å². The van der Waals surface area contributed by atoms with E-state index in [0.29, 0.717) is 29.8 Å². The van der Waals surface area contributed by atoms with Crippen molar-refractivity contribution in [3.05, 3.63) is 29.3 Å². The van der Waals surface area contributed by atoms with Crippen LogP contribution in [0.5, 0.6) is 5.75 Å². The van der Waals surface area contributed by atoms with Crippen LogP contribution in [-0.2, 0) is 4.79 Å². The zero-order chi connectivity index (χ0) is 13.5. The Hall–Kier alpha value is -0.930. The van der Waals surface area contributed by atoms with Gasteiger partial charge in [-0.1, -0.05) is 24.6 Å². The highest BCUT2D eigenvalue weighted by atomic mass is 35.5. The summed E-state index contributed by atoms with van der Waals surface area (Å²) >= 11 is 11.5. The fourth-order valence-electron chi connectivity index (χ4n) is 1.41. The van der Waals surface area contributed by atoms with Crippen molar-refractivity contribution in [2.24, 2.45) is 5.92 Å². The first kappa shape index (κ1) is 15.1. The summed E-state index contributed by atoms with van der Waals surface area (Å²) in [6.07, 6.45) is 0. The standard InChI is InChI=1S/C13H17Cl2NO2/c1-10(9-14)13(17)16(2)6-7-18-12-5-3-4-11(15)8-12/h3-5,8,10H,6-7,9H2,1-2H3. The lowest BCUT2D eigenvalue weighted by Gasteiger charge is -2.20. The van der Waals surface area contributed by atoms with Crippen molar-refractivity contribution in [2.45, 2.75) is 6.92 Å². The molecule has 0 aliphatic heterocycles. The summed E-state index contributed by atoms with van der Waals surface area (Å²) in [5.74, 6) is 0.898. The van der Waals surface area contributed by atoms with E-state index in [1.807, 2.05) is 19.1 Å². The first-order chi connectivity index (χ1) is 8.54. The summed E-state index contributed by atoms with van der Waals surface area (Å²) in [4.78, 5) is 13.4. The molecule has 18 heavy (non-hydrogen) atoms. The van der Waals surface area contributed by atoms with E-state index in [1.54, 1.807) is 24.1 Å². The van der Waals surface area contributed by atoms with Crippen molar-refractivity contribution in [2.75, 3.05) is 26.1 Å². The molecule has 0 heterocycles. The number of nitrogens with zero attached hydrogens (tertiary/aromatic N) is 1. The minimum absolute atomic E-state index is 0.0275. The Balaban J connectivity index is 2.35. The van der Waals surface area contributed by atoms with Gasteiger partial charge in [-0.2, -0.15) is 0 Å². The van der Waals surface area contributed by atoms with E-state index in [1.165, 1.54) is 0 Å². The highest BCUT2D eigenvalue weighted by Crippen LogP contribution is 2.16. The molecule has 1 aromatic rings. The molecule has 100 valence electrons. The maximum Gasteiger partial charge on any atom is 0.226 e. The van der Waals surface area contributed by atoms with Crippen molar-refractivity contribution in [1.29, 1.82) is 0 Å². The van der Waals surface area contributed by atoms with Crippen LogP contribution in [0.2, 0.25) is 5.02 Å². The van der Waals surface area contributed by atoms with Gasteiger partial charge in [-0.3, -0.25) is 4.79 Å². The fraction of sp³-hybridized carbons (Fsp3) is 0.462. The molecule has 1 rings (SSSR count). The van der Waals surface area contributed by atoms with Crippen molar-refractivity contribution >= 4 is 29.1 Å². The van der Waals surface area contributed by atoms with E-state index in [2.05, 4.69) is 0 Å². The number of carbonyl (C=O) groups excluding carboxylic acids is 1. The van der Waals surface area contributed by atoms with Gasteiger partial charge in [0.05, 0.1) is 6.54 Å². The van der Waals surface area contributed by atoms with Gasteiger partial charge in [-0.25, -0.2) is 0 Å². The highest BCUT2D eigenvalue weighted by molar-refractivity contribution is 6.30. The van der Waals surface area contributed by atoms with Gasteiger partial charge in [0, 0.05) is 23.9 Å². The largest absolute Gasteiger partial charge is 0.492 e. The van der Waals surface area contributed by atoms with Crippen molar-refractivity contribution in [3.8, 4) is 5.75 Å². The monoisotopic (exact) mass is 289 g/mol. The third-order valence-electron chi connectivity index (χ3n) is 2.52. The normalized spacial score (nSPS) is 12.0. The summed E-state index contributed by atoms with van der Waals surface area (Å²) in [6.45, 7) is 2.76. The van der Waals surface area contributed by atoms with E-state index in [4.69, 9.17) is 27.9 Å². The van der Waals surface area contributed by atoms with E-state index < -0.39 is 0 Å². The van der Waals surface area contributed by atoms with Gasteiger partial charge in [0.1, 0.15) is 12.4 Å². The number of hydrogen-bond donors (Lipinski definition) is 0. The molecule has 0 radical (unpaired) electrons. The van der Waals surface area contributed by atoms with Crippen LogP contribution >= 0.6 is 23.2 Å². The second kappa shape index (κ2) is 7.49. The van der Waals surface area contributed by atoms with Crippen LogP contribution in [0.3, 0.4) is 0 Å². The summed E-state index contributed by atoms with van der Waals surface area (Å²) in [6, 6.07) is 7.17. The average Bonchev–Trinajstić information content (AvgIpc) is 2.36. The lowest BCUT2D eigenvalue weighted by atomic mass is 10.2. The number of hydrogen-bond acceptors (Lipinski definition) is 2. The van der Waals surface area contributed by atoms with Gasteiger partial charge in [0.2, 0.25) is 5.91 Å². The van der Waals surface area contributed by atoms with Crippen molar-refractivity contribution in [1.82, 2.24) is 4.90 Å². The lowest BCUT2D eigenvalue weighted by molar-refractivity contribution is -0.133. The Bertz CT molecular complexity index is 398. The maximum atomic E-state index is 11.7. The average molecular weight is 290 g/mol. The molecule has 0 fully saturated rings. The van der Waals surface area contributed by atoms with E-state index >= 15 is 0 Å². The molecular weight excluding hydrogens is 273 g/mol. The second-order valence-corrected chi connectivity index (χ2v) is 4.87. The molecule has 1 amide bonds. The number of ether oxygens (including phenoxy) is 1. The summed E-state index contributed by atoms with van der Waals surface area (Å²) < 4.78 is 5.51. The quantitative estimate of drug-likeness (QED) is 0.754. The first-order valence-electron chi connectivity index (χ1n) is 5.74. The third kappa shape index (κ3) is 4.75. The Labute approximate surface area is 118 Å². The predicted octanol–water partition coefficient (Wildman–Crippen LogP) is 3.05. The number of benzene rings is 1. The third-order valence-corrected chi connectivity index (χ3v) is 3.22. The molecule has 0 saturated carbocycles. The Morgan fingerprint density at radius 2 is 2.22 bits per heavy atom. The number of rotatable bonds is 6. The van der Waals surface area contributed by atoms with E-state index in [0.717, 1.165) is 0 Å². The molecule has 1 aromatic carbocycles. The summed E-state index contributed by atoms with van der Waals surface area (Å²) in [7, 11) is 1.74. The summed E-state index contributed by atoms with van der Waals surface area (Å²) in [5.41, 5.74) is 0. The molecule has 1 unspecified atom stereocenters. The molecule has 3 nitrogen and oxygen atoms in total. The molecule has 5 heteroatoms. The van der Waals surface area contributed by atoms with Crippen LogP contribution in [0, 0.1) is 5.92 Å². The summed E-state index contributed by atoms with van der Waals surface area (Å²) in [5, 5.41) is 0.632. The highest BCUT2D eigenvalue weighted by Gasteiger charge is 2.15. The minimum Gasteiger partial charge on any atom is -0.492 e. The molecular formula is C13H17Cl2NO2. The molecule has 0 bridgehead atoms.